The van der Waals surface area contributed by atoms with Crippen molar-refractivity contribution >= 4 is 34.4 Å². The molecule has 1 aromatic carbocycles. The molecule has 0 radical (unpaired) electrons. The normalized spacial score (nSPS) is 13.2. The molecule has 2 aromatic rings. The van der Waals surface area contributed by atoms with E-state index in [0.29, 0.717) is 19.4 Å². The SMILES string of the molecule is CCOC(=O)c1c(CC(=S)Cc2cccc(OC)c2)sc2c1CCCC2. The molecule has 0 bridgehead atoms. The Kier molecular flexibility index (Phi) is 6.43. The highest BCUT2D eigenvalue weighted by Gasteiger charge is 2.26. The van der Waals surface area contributed by atoms with E-state index in [1.165, 1.54) is 16.9 Å². The molecule has 1 aromatic heterocycles. The van der Waals surface area contributed by atoms with Gasteiger partial charge in [0.25, 0.3) is 0 Å². The van der Waals surface area contributed by atoms with Crippen molar-refractivity contribution in [2.75, 3.05) is 13.7 Å². The number of hydrogen-bond acceptors (Lipinski definition) is 5. The van der Waals surface area contributed by atoms with Crippen LogP contribution in [0.1, 0.15) is 51.0 Å². The lowest BCUT2D eigenvalue weighted by molar-refractivity contribution is 0.0524. The van der Waals surface area contributed by atoms with Crippen LogP contribution in [0.25, 0.3) is 0 Å². The summed E-state index contributed by atoms with van der Waals surface area (Å²) >= 11 is 7.41. The molecule has 3 rings (SSSR count). The molecule has 5 heteroatoms. The van der Waals surface area contributed by atoms with Gasteiger partial charge in [-0.1, -0.05) is 24.4 Å². The van der Waals surface area contributed by atoms with E-state index in [1.807, 2.05) is 25.1 Å². The van der Waals surface area contributed by atoms with Crippen LogP contribution in [-0.4, -0.2) is 24.6 Å². The first-order chi connectivity index (χ1) is 12.6. The summed E-state index contributed by atoms with van der Waals surface area (Å²) in [6.45, 7) is 2.25. The zero-order valence-electron chi connectivity index (χ0n) is 15.3. The third-order valence-electron chi connectivity index (χ3n) is 4.62. The topological polar surface area (TPSA) is 35.5 Å². The van der Waals surface area contributed by atoms with Crippen LogP contribution in [0.4, 0.5) is 0 Å². The standard InChI is InChI=1S/C21H24O3S2/c1-3-24-21(22)20-17-9-4-5-10-18(17)26-19(20)13-16(25)12-14-7-6-8-15(11-14)23-2/h6-8,11H,3-5,9-10,12-13H2,1-2H3. The number of aryl methyl sites for hydroxylation is 1. The minimum Gasteiger partial charge on any atom is -0.497 e. The lowest BCUT2D eigenvalue weighted by atomic mass is 9.94. The van der Waals surface area contributed by atoms with Gasteiger partial charge in [-0.15, -0.1) is 11.3 Å². The molecule has 0 fully saturated rings. The monoisotopic (exact) mass is 388 g/mol. The lowest BCUT2D eigenvalue weighted by Crippen LogP contribution is -2.13. The van der Waals surface area contributed by atoms with Crippen molar-refractivity contribution in [3.8, 4) is 5.75 Å². The second-order valence-electron chi connectivity index (χ2n) is 6.47. The molecule has 26 heavy (non-hydrogen) atoms. The van der Waals surface area contributed by atoms with Crippen LogP contribution >= 0.6 is 23.6 Å². The molecule has 0 atom stereocenters. The van der Waals surface area contributed by atoms with Gasteiger partial charge in [-0.2, -0.15) is 0 Å². The molecule has 0 saturated carbocycles. The minimum absolute atomic E-state index is 0.189. The molecule has 0 saturated heterocycles. The molecule has 0 spiro atoms. The fourth-order valence-corrected chi connectivity index (χ4v) is 5.27. The average Bonchev–Trinajstić information content (AvgIpc) is 2.99. The number of carbonyl (C=O) groups excluding carboxylic acids is 1. The number of rotatable bonds is 7. The van der Waals surface area contributed by atoms with E-state index < -0.39 is 0 Å². The number of carbonyl (C=O) groups is 1. The van der Waals surface area contributed by atoms with Gasteiger partial charge in [0.1, 0.15) is 5.75 Å². The Bertz CT molecular complexity index is 808. The van der Waals surface area contributed by atoms with Crippen LogP contribution in [-0.2, 0) is 30.4 Å². The van der Waals surface area contributed by atoms with E-state index in [9.17, 15) is 4.79 Å². The van der Waals surface area contributed by atoms with Crippen molar-refractivity contribution in [1.82, 2.24) is 0 Å². The van der Waals surface area contributed by atoms with Crippen LogP contribution in [0.2, 0.25) is 0 Å². The summed E-state index contributed by atoms with van der Waals surface area (Å²) in [5.74, 6) is 0.648. The van der Waals surface area contributed by atoms with Crippen LogP contribution in [0.5, 0.6) is 5.75 Å². The van der Waals surface area contributed by atoms with Gasteiger partial charge in [0.05, 0.1) is 19.3 Å². The number of benzene rings is 1. The van der Waals surface area contributed by atoms with Gasteiger partial charge in [0, 0.05) is 27.5 Å². The maximum atomic E-state index is 12.5. The molecule has 0 N–H and O–H groups in total. The zero-order chi connectivity index (χ0) is 18.5. The summed E-state index contributed by atoms with van der Waals surface area (Å²) < 4.78 is 10.6. The first-order valence-corrected chi connectivity index (χ1v) is 10.3. The molecule has 0 aliphatic heterocycles. The van der Waals surface area contributed by atoms with Crippen molar-refractivity contribution in [2.24, 2.45) is 0 Å². The molecule has 138 valence electrons. The number of ether oxygens (including phenoxy) is 2. The summed E-state index contributed by atoms with van der Waals surface area (Å²) in [4.78, 5) is 15.9. The number of methoxy groups -OCH3 is 1. The Morgan fingerprint density at radius 2 is 2.04 bits per heavy atom. The van der Waals surface area contributed by atoms with E-state index in [1.54, 1.807) is 18.4 Å². The number of hydrogen-bond donors (Lipinski definition) is 0. The smallest absolute Gasteiger partial charge is 0.339 e. The van der Waals surface area contributed by atoms with Crippen LogP contribution in [0, 0.1) is 0 Å². The first-order valence-electron chi connectivity index (χ1n) is 9.07. The zero-order valence-corrected chi connectivity index (χ0v) is 16.9. The molecule has 1 heterocycles. The summed E-state index contributed by atoms with van der Waals surface area (Å²) in [5.41, 5.74) is 3.13. The largest absolute Gasteiger partial charge is 0.497 e. The second-order valence-corrected chi connectivity index (χ2v) is 8.24. The molecule has 0 amide bonds. The predicted octanol–water partition coefficient (Wildman–Crippen LogP) is 4.97. The van der Waals surface area contributed by atoms with Gasteiger partial charge in [-0.25, -0.2) is 4.79 Å². The summed E-state index contributed by atoms with van der Waals surface area (Å²) in [6, 6.07) is 7.97. The third-order valence-corrected chi connectivity index (χ3v) is 6.20. The van der Waals surface area contributed by atoms with E-state index in [0.717, 1.165) is 45.9 Å². The highest BCUT2D eigenvalue weighted by molar-refractivity contribution is 7.80. The van der Waals surface area contributed by atoms with Crippen LogP contribution < -0.4 is 4.74 Å². The maximum Gasteiger partial charge on any atom is 0.339 e. The molecular formula is C21H24O3S2. The van der Waals surface area contributed by atoms with Gasteiger partial charge in [-0.3, -0.25) is 0 Å². The predicted molar refractivity (Wildman–Crippen MR) is 110 cm³/mol. The van der Waals surface area contributed by atoms with E-state index >= 15 is 0 Å². The van der Waals surface area contributed by atoms with Crippen molar-refractivity contribution in [3.05, 3.63) is 50.7 Å². The maximum absolute atomic E-state index is 12.5. The quantitative estimate of drug-likeness (QED) is 0.496. The molecular weight excluding hydrogens is 364 g/mol. The molecule has 0 unspecified atom stereocenters. The van der Waals surface area contributed by atoms with E-state index in [-0.39, 0.29) is 5.97 Å². The fraction of sp³-hybridized carbons (Fsp3) is 0.429. The number of thiocarbonyl (C=S) groups is 1. The molecule has 1 aliphatic carbocycles. The highest BCUT2D eigenvalue weighted by atomic mass is 32.1. The Morgan fingerprint density at radius 1 is 1.23 bits per heavy atom. The average molecular weight is 389 g/mol. The minimum atomic E-state index is -0.189. The van der Waals surface area contributed by atoms with Gasteiger partial charge in [0.2, 0.25) is 0 Å². The lowest BCUT2D eigenvalue weighted by Gasteiger charge is -2.12. The van der Waals surface area contributed by atoms with E-state index in [2.05, 4.69) is 6.07 Å². The highest BCUT2D eigenvalue weighted by Crippen LogP contribution is 2.35. The Balaban J connectivity index is 1.80. The van der Waals surface area contributed by atoms with Gasteiger partial charge < -0.3 is 9.47 Å². The summed E-state index contributed by atoms with van der Waals surface area (Å²) in [6.07, 6.45) is 5.74. The van der Waals surface area contributed by atoms with Crippen molar-refractivity contribution < 1.29 is 14.3 Å². The third kappa shape index (κ3) is 4.33. The Hall–Kier alpha value is -1.72. The van der Waals surface area contributed by atoms with Crippen molar-refractivity contribution in [3.63, 3.8) is 0 Å². The number of thiophene rings is 1. The Morgan fingerprint density at radius 3 is 2.81 bits per heavy atom. The van der Waals surface area contributed by atoms with Crippen LogP contribution in [0.15, 0.2) is 24.3 Å². The van der Waals surface area contributed by atoms with Gasteiger partial charge in [0.15, 0.2) is 0 Å². The number of fused-ring (bicyclic) bond motifs is 1. The van der Waals surface area contributed by atoms with Crippen LogP contribution in [0.3, 0.4) is 0 Å². The van der Waals surface area contributed by atoms with Crippen molar-refractivity contribution in [1.29, 1.82) is 0 Å². The number of esters is 1. The fourth-order valence-electron chi connectivity index (χ4n) is 3.44. The molecule has 3 nitrogen and oxygen atoms in total. The Labute approximate surface area is 164 Å². The first kappa shape index (κ1) is 19.1. The summed E-state index contributed by atoms with van der Waals surface area (Å²) in [5, 5.41) is 0. The van der Waals surface area contributed by atoms with Gasteiger partial charge >= 0.3 is 5.97 Å². The van der Waals surface area contributed by atoms with Gasteiger partial charge in [-0.05, 0) is 55.9 Å². The molecule has 1 aliphatic rings. The van der Waals surface area contributed by atoms with E-state index in [4.69, 9.17) is 21.7 Å². The second kappa shape index (κ2) is 8.78. The summed E-state index contributed by atoms with van der Waals surface area (Å²) in [7, 11) is 1.67. The van der Waals surface area contributed by atoms with Crippen molar-refractivity contribution in [2.45, 2.75) is 45.4 Å².